The molecule has 2 nitrogen and oxygen atoms in total. The number of hydrogen-bond acceptors (Lipinski definition) is 2. The van der Waals surface area contributed by atoms with Crippen molar-refractivity contribution in [1.29, 1.82) is 10.5 Å². The van der Waals surface area contributed by atoms with Crippen LogP contribution in [0.4, 0.5) is 17.6 Å². The highest BCUT2D eigenvalue weighted by molar-refractivity contribution is 5.44. The van der Waals surface area contributed by atoms with E-state index in [1.54, 1.807) is 6.07 Å². The van der Waals surface area contributed by atoms with Gasteiger partial charge in [0.2, 0.25) is 0 Å². The number of nitrogens with zero attached hydrogens (tertiary/aromatic N) is 2. The van der Waals surface area contributed by atoms with Crippen LogP contribution in [-0.4, -0.2) is 0 Å². The van der Waals surface area contributed by atoms with Crippen molar-refractivity contribution in [2.75, 3.05) is 0 Å². The zero-order valence-electron chi connectivity index (χ0n) is 7.77. The summed E-state index contributed by atoms with van der Waals surface area (Å²) in [6.07, 6.45) is -5.15. The van der Waals surface area contributed by atoms with E-state index < -0.39 is 23.1 Å². The lowest BCUT2D eigenvalue weighted by molar-refractivity contribution is -0.140. The van der Waals surface area contributed by atoms with Crippen molar-refractivity contribution < 1.29 is 17.6 Å². The Bertz CT molecular complexity index is 491. The van der Waals surface area contributed by atoms with Gasteiger partial charge in [-0.05, 0) is 11.6 Å². The van der Waals surface area contributed by atoms with Gasteiger partial charge in [-0.15, -0.1) is 0 Å². The largest absolute Gasteiger partial charge is 0.419 e. The zero-order valence-corrected chi connectivity index (χ0v) is 7.77. The molecular weight excluding hydrogens is 224 g/mol. The number of hydrogen-bond donors (Lipinski definition) is 0. The van der Waals surface area contributed by atoms with Gasteiger partial charge in [-0.3, -0.25) is 0 Å². The zero-order chi connectivity index (χ0) is 12.3. The Morgan fingerprint density at radius 2 is 1.81 bits per heavy atom. The summed E-state index contributed by atoms with van der Waals surface area (Å²) in [4.78, 5) is 0. The third kappa shape index (κ3) is 2.12. The van der Waals surface area contributed by atoms with Gasteiger partial charge in [-0.25, -0.2) is 4.39 Å². The van der Waals surface area contributed by atoms with Gasteiger partial charge in [0, 0.05) is 0 Å². The molecule has 0 spiro atoms. The smallest absolute Gasteiger partial charge is 0.205 e. The molecule has 0 atom stereocenters. The van der Waals surface area contributed by atoms with Gasteiger partial charge in [0.05, 0.1) is 23.6 Å². The summed E-state index contributed by atoms with van der Waals surface area (Å²) in [5.74, 6) is -1.62. The van der Waals surface area contributed by atoms with Crippen LogP contribution >= 0.6 is 0 Å². The Labute approximate surface area is 88.3 Å². The second kappa shape index (κ2) is 4.19. The summed E-state index contributed by atoms with van der Waals surface area (Å²) in [6.45, 7) is 0. The average Bonchev–Trinajstić information content (AvgIpc) is 2.16. The van der Waals surface area contributed by atoms with E-state index in [-0.39, 0.29) is 12.0 Å². The van der Waals surface area contributed by atoms with Crippen LogP contribution in [0, 0.1) is 28.5 Å². The van der Waals surface area contributed by atoms with E-state index in [1.807, 2.05) is 0 Å². The fourth-order valence-corrected chi connectivity index (χ4v) is 1.19. The van der Waals surface area contributed by atoms with Crippen LogP contribution in [0.5, 0.6) is 0 Å². The van der Waals surface area contributed by atoms with Crippen LogP contribution in [0.25, 0.3) is 0 Å². The Morgan fingerprint density at radius 1 is 1.19 bits per heavy atom. The number of halogens is 4. The van der Waals surface area contributed by atoms with Crippen molar-refractivity contribution in [2.45, 2.75) is 12.6 Å². The standard InChI is InChI=1S/C10H4F4N2/c11-9-7(5-16)6(3-4-15)1-2-8(9)10(12,13)14/h1-2H,3H2. The second-order valence-electron chi connectivity index (χ2n) is 2.91. The van der Waals surface area contributed by atoms with Crippen molar-refractivity contribution in [3.8, 4) is 12.1 Å². The maximum atomic E-state index is 13.3. The first kappa shape index (κ1) is 12.0. The molecule has 0 aliphatic heterocycles. The summed E-state index contributed by atoms with van der Waals surface area (Å²) >= 11 is 0. The van der Waals surface area contributed by atoms with Crippen LogP contribution < -0.4 is 0 Å². The SMILES string of the molecule is N#CCc1ccc(C(F)(F)F)c(F)c1C#N. The van der Waals surface area contributed by atoms with E-state index in [9.17, 15) is 17.6 Å². The van der Waals surface area contributed by atoms with Gasteiger partial charge in [-0.1, -0.05) is 6.07 Å². The lowest BCUT2D eigenvalue weighted by atomic mass is 10.0. The molecule has 82 valence electrons. The van der Waals surface area contributed by atoms with Crippen molar-refractivity contribution in [3.63, 3.8) is 0 Å². The molecule has 0 saturated heterocycles. The first-order valence-corrected chi connectivity index (χ1v) is 4.07. The Hall–Kier alpha value is -2.08. The van der Waals surface area contributed by atoms with Gasteiger partial charge in [0.1, 0.15) is 6.07 Å². The molecule has 16 heavy (non-hydrogen) atoms. The van der Waals surface area contributed by atoms with E-state index in [1.165, 1.54) is 6.07 Å². The first-order valence-electron chi connectivity index (χ1n) is 4.07. The molecule has 1 rings (SSSR count). The molecule has 6 heteroatoms. The van der Waals surface area contributed by atoms with Gasteiger partial charge < -0.3 is 0 Å². The Balaban J connectivity index is 3.43. The highest BCUT2D eigenvalue weighted by Crippen LogP contribution is 2.33. The first-order chi connectivity index (χ1) is 7.41. The fourth-order valence-electron chi connectivity index (χ4n) is 1.19. The highest BCUT2D eigenvalue weighted by atomic mass is 19.4. The highest BCUT2D eigenvalue weighted by Gasteiger charge is 2.35. The van der Waals surface area contributed by atoms with Crippen molar-refractivity contribution in [3.05, 3.63) is 34.6 Å². The Kier molecular flexibility index (Phi) is 3.14. The molecule has 0 heterocycles. The molecular formula is C10H4F4N2. The van der Waals surface area contributed by atoms with Crippen LogP contribution in [0.15, 0.2) is 12.1 Å². The molecule has 0 amide bonds. The molecule has 1 aromatic rings. The molecule has 0 aromatic heterocycles. The van der Waals surface area contributed by atoms with E-state index >= 15 is 0 Å². The summed E-state index contributed by atoms with van der Waals surface area (Å²) in [6, 6.07) is 4.45. The molecule has 0 unspecified atom stereocenters. The van der Waals surface area contributed by atoms with Crippen LogP contribution in [-0.2, 0) is 12.6 Å². The monoisotopic (exact) mass is 228 g/mol. The van der Waals surface area contributed by atoms with Crippen molar-refractivity contribution >= 4 is 0 Å². The van der Waals surface area contributed by atoms with Crippen LogP contribution in [0.1, 0.15) is 16.7 Å². The number of nitriles is 2. The van der Waals surface area contributed by atoms with E-state index in [2.05, 4.69) is 0 Å². The maximum Gasteiger partial charge on any atom is 0.419 e. The fraction of sp³-hybridized carbons (Fsp3) is 0.200. The normalized spacial score (nSPS) is 10.6. The van der Waals surface area contributed by atoms with Gasteiger partial charge in [0.25, 0.3) is 0 Å². The molecule has 0 fully saturated rings. The predicted molar refractivity (Wildman–Crippen MR) is 45.4 cm³/mol. The molecule has 0 aliphatic carbocycles. The van der Waals surface area contributed by atoms with Crippen LogP contribution in [0.2, 0.25) is 0 Å². The van der Waals surface area contributed by atoms with Gasteiger partial charge in [-0.2, -0.15) is 23.7 Å². The predicted octanol–water partition coefficient (Wildman–Crippen LogP) is 2.78. The molecule has 0 aliphatic rings. The molecule has 0 radical (unpaired) electrons. The van der Waals surface area contributed by atoms with E-state index in [0.717, 1.165) is 6.07 Å². The van der Waals surface area contributed by atoms with Crippen molar-refractivity contribution in [2.24, 2.45) is 0 Å². The molecule has 0 saturated carbocycles. The van der Waals surface area contributed by atoms with E-state index in [4.69, 9.17) is 10.5 Å². The molecule has 0 N–H and O–H groups in total. The summed E-state index contributed by atoms with van der Waals surface area (Å²) in [5, 5.41) is 16.9. The minimum Gasteiger partial charge on any atom is -0.205 e. The summed E-state index contributed by atoms with van der Waals surface area (Å²) < 4.78 is 50.1. The lowest BCUT2D eigenvalue weighted by Gasteiger charge is -2.10. The number of benzene rings is 1. The minimum atomic E-state index is -4.85. The van der Waals surface area contributed by atoms with Gasteiger partial charge in [0.15, 0.2) is 5.82 Å². The summed E-state index contributed by atoms with van der Waals surface area (Å²) in [5.41, 5.74) is -2.27. The summed E-state index contributed by atoms with van der Waals surface area (Å²) in [7, 11) is 0. The maximum absolute atomic E-state index is 13.3. The van der Waals surface area contributed by atoms with Crippen LogP contribution in [0.3, 0.4) is 0 Å². The quantitative estimate of drug-likeness (QED) is 0.694. The third-order valence-electron chi connectivity index (χ3n) is 1.91. The second-order valence-corrected chi connectivity index (χ2v) is 2.91. The average molecular weight is 228 g/mol. The van der Waals surface area contributed by atoms with Gasteiger partial charge >= 0.3 is 6.18 Å². The minimum absolute atomic E-state index is 0.0458. The molecule has 0 bridgehead atoms. The van der Waals surface area contributed by atoms with Crippen molar-refractivity contribution in [1.82, 2.24) is 0 Å². The number of alkyl halides is 3. The topological polar surface area (TPSA) is 47.6 Å². The third-order valence-corrected chi connectivity index (χ3v) is 1.91. The number of rotatable bonds is 1. The Morgan fingerprint density at radius 3 is 2.25 bits per heavy atom. The molecule has 1 aromatic carbocycles. The van der Waals surface area contributed by atoms with E-state index in [0.29, 0.717) is 6.07 Å². The lowest BCUT2D eigenvalue weighted by Crippen LogP contribution is -2.10.